The first kappa shape index (κ1) is 22.9. The van der Waals surface area contributed by atoms with E-state index in [0.717, 1.165) is 0 Å². The summed E-state index contributed by atoms with van der Waals surface area (Å²) < 4.78 is 2.66. The molecule has 2 aliphatic carbocycles. The van der Waals surface area contributed by atoms with Crippen LogP contribution in [0.1, 0.15) is 159 Å². The van der Waals surface area contributed by atoms with Crippen molar-refractivity contribution in [3.05, 3.63) is 18.2 Å². The van der Waals surface area contributed by atoms with Gasteiger partial charge in [0, 0.05) is 24.4 Å². The molecule has 0 bridgehead atoms. The Morgan fingerprint density at radius 3 is 1.34 bits per heavy atom. The van der Waals surface area contributed by atoms with E-state index >= 15 is 0 Å². The largest absolute Gasteiger partial charge is 0.332 e. The zero-order valence-corrected chi connectivity index (χ0v) is 19.3. The summed E-state index contributed by atoms with van der Waals surface area (Å²) in [5.74, 6) is 2.14. The summed E-state index contributed by atoms with van der Waals surface area (Å²) in [5.41, 5.74) is 0. The zero-order valence-electron chi connectivity index (χ0n) is 19.3. The molecule has 2 nitrogen and oxygen atoms in total. The van der Waals surface area contributed by atoms with Gasteiger partial charge in [0.05, 0.1) is 0 Å². The average Bonchev–Trinajstić information content (AvgIpc) is 3.18. The maximum absolute atomic E-state index is 4.98. The van der Waals surface area contributed by atoms with Crippen LogP contribution in [-0.4, -0.2) is 9.55 Å². The quantitative estimate of drug-likeness (QED) is 0.484. The third-order valence-electron chi connectivity index (χ3n) is 7.64. The van der Waals surface area contributed by atoms with Crippen LogP contribution < -0.4 is 0 Å². The highest BCUT2D eigenvalue weighted by atomic mass is 15.1. The van der Waals surface area contributed by atoms with Crippen LogP contribution in [0.2, 0.25) is 0 Å². The van der Waals surface area contributed by atoms with Gasteiger partial charge in [-0.2, -0.15) is 0 Å². The van der Waals surface area contributed by atoms with E-state index in [-0.39, 0.29) is 0 Å². The first-order chi connectivity index (χ1) is 14.4. The molecule has 0 saturated heterocycles. The van der Waals surface area contributed by atoms with Crippen molar-refractivity contribution in [2.75, 3.05) is 0 Å². The summed E-state index contributed by atoms with van der Waals surface area (Å²) in [6, 6.07) is 0.702. The minimum absolute atomic E-state index is 0.700. The number of rotatable bonds is 2. The van der Waals surface area contributed by atoms with Gasteiger partial charge in [0.1, 0.15) is 5.82 Å². The zero-order chi connectivity index (χ0) is 20.0. The highest BCUT2D eigenvalue weighted by Gasteiger charge is 2.21. The van der Waals surface area contributed by atoms with Gasteiger partial charge >= 0.3 is 0 Å². The lowest BCUT2D eigenvalue weighted by Gasteiger charge is -2.25. The SMILES string of the molecule is c1cn(C2CCCCCCCCCCC2)c(C2CCCCCCCCCCC2)n1. The first-order valence-corrected chi connectivity index (χ1v) is 13.5. The summed E-state index contributed by atoms with van der Waals surface area (Å²) in [6.45, 7) is 0. The molecular formula is C27H48N2. The summed E-state index contributed by atoms with van der Waals surface area (Å²) in [7, 11) is 0. The predicted octanol–water partition coefficient (Wildman–Crippen LogP) is 9.12. The molecule has 1 aromatic heterocycles. The van der Waals surface area contributed by atoms with E-state index in [0.29, 0.717) is 12.0 Å². The third-order valence-corrected chi connectivity index (χ3v) is 7.64. The highest BCUT2D eigenvalue weighted by molar-refractivity contribution is 5.03. The molecule has 29 heavy (non-hydrogen) atoms. The Balaban J connectivity index is 1.64. The van der Waals surface area contributed by atoms with E-state index in [2.05, 4.69) is 17.0 Å². The van der Waals surface area contributed by atoms with Gasteiger partial charge < -0.3 is 4.57 Å². The van der Waals surface area contributed by atoms with Crippen molar-refractivity contribution in [3.8, 4) is 0 Å². The van der Waals surface area contributed by atoms with Crippen LogP contribution in [0.3, 0.4) is 0 Å². The fourth-order valence-corrected chi connectivity index (χ4v) is 5.79. The van der Waals surface area contributed by atoms with Gasteiger partial charge in [0.15, 0.2) is 0 Å². The fourth-order valence-electron chi connectivity index (χ4n) is 5.79. The molecule has 0 atom stereocenters. The molecule has 3 rings (SSSR count). The molecule has 2 aliphatic rings. The molecule has 0 unspecified atom stereocenters. The van der Waals surface area contributed by atoms with Crippen molar-refractivity contribution in [3.63, 3.8) is 0 Å². The lowest BCUT2D eigenvalue weighted by atomic mass is 9.91. The molecule has 0 aliphatic heterocycles. The number of hydrogen-bond acceptors (Lipinski definition) is 1. The molecule has 1 aromatic rings. The molecule has 2 fully saturated rings. The van der Waals surface area contributed by atoms with Crippen LogP contribution in [0.5, 0.6) is 0 Å². The van der Waals surface area contributed by atoms with Crippen LogP contribution in [0.25, 0.3) is 0 Å². The van der Waals surface area contributed by atoms with Gasteiger partial charge in [-0.1, -0.05) is 116 Å². The molecule has 2 heteroatoms. The molecule has 0 radical (unpaired) electrons. The minimum atomic E-state index is 0.700. The Kier molecular flexibility index (Phi) is 11.3. The van der Waals surface area contributed by atoms with E-state index in [9.17, 15) is 0 Å². The molecule has 0 spiro atoms. The molecule has 2 saturated carbocycles. The Hall–Kier alpha value is -0.790. The average molecular weight is 401 g/mol. The van der Waals surface area contributed by atoms with E-state index < -0.39 is 0 Å². The summed E-state index contributed by atoms with van der Waals surface area (Å²) in [5, 5.41) is 0. The number of hydrogen-bond donors (Lipinski definition) is 0. The minimum Gasteiger partial charge on any atom is -0.332 e. The normalized spacial score (nSPS) is 24.0. The molecule has 0 amide bonds. The second-order valence-corrected chi connectivity index (χ2v) is 10.1. The predicted molar refractivity (Wildman–Crippen MR) is 126 cm³/mol. The van der Waals surface area contributed by atoms with Crippen molar-refractivity contribution in [1.29, 1.82) is 0 Å². The van der Waals surface area contributed by atoms with Gasteiger partial charge in [-0.05, 0) is 25.7 Å². The molecular weight excluding hydrogens is 352 g/mol. The van der Waals surface area contributed by atoms with Crippen LogP contribution in [-0.2, 0) is 0 Å². The smallest absolute Gasteiger partial charge is 0.112 e. The van der Waals surface area contributed by atoms with E-state index in [1.807, 2.05) is 0 Å². The van der Waals surface area contributed by atoms with Crippen molar-refractivity contribution < 1.29 is 0 Å². The van der Waals surface area contributed by atoms with Crippen molar-refractivity contribution in [2.24, 2.45) is 0 Å². The van der Waals surface area contributed by atoms with Gasteiger partial charge in [0.2, 0.25) is 0 Å². The molecule has 166 valence electrons. The number of nitrogens with zero attached hydrogens (tertiary/aromatic N) is 2. The van der Waals surface area contributed by atoms with Gasteiger partial charge in [-0.15, -0.1) is 0 Å². The first-order valence-electron chi connectivity index (χ1n) is 13.5. The Bertz CT molecular complexity index is 452. The van der Waals surface area contributed by atoms with Crippen LogP contribution >= 0.6 is 0 Å². The van der Waals surface area contributed by atoms with Crippen LogP contribution in [0.4, 0.5) is 0 Å². The van der Waals surface area contributed by atoms with Gasteiger partial charge in [-0.25, -0.2) is 4.98 Å². The standard InChI is InChI=1S/C27H48N2/c1-3-7-11-15-19-25(20-16-12-8-4-1)27-28-23-24-29(27)26-21-17-13-9-5-2-6-10-14-18-22-26/h23-26H,1-22H2. The van der Waals surface area contributed by atoms with Gasteiger partial charge in [0.25, 0.3) is 0 Å². The number of imidazole rings is 1. The monoisotopic (exact) mass is 400 g/mol. The summed E-state index contributed by atoms with van der Waals surface area (Å²) in [4.78, 5) is 4.98. The van der Waals surface area contributed by atoms with Crippen LogP contribution in [0, 0.1) is 0 Å². The van der Waals surface area contributed by atoms with Gasteiger partial charge in [-0.3, -0.25) is 0 Å². The van der Waals surface area contributed by atoms with Crippen molar-refractivity contribution >= 4 is 0 Å². The fraction of sp³-hybridized carbons (Fsp3) is 0.889. The summed E-state index contributed by atoms with van der Waals surface area (Å²) in [6.07, 6.45) is 35.9. The van der Waals surface area contributed by atoms with Crippen molar-refractivity contribution in [1.82, 2.24) is 9.55 Å². The van der Waals surface area contributed by atoms with E-state index in [1.54, 1.807) is 0 Å². The Morgan fingerprint density at radius 1 is 0.517 bits per heavy atom. The van der Waals surface area contributed by atoms with Crippen molar-refractivity contribution in [2.45, 2.75) is 153 Å². The second-order valence-electron chi connectivity index (χ2n) is 10.1. The molecule has 0 N–H and O–H groups in total. The number of aromatic nitrogens is 2. The maximum atomic E-state index is 4.98. The van der Waals surface area contributed by atoms with E-state index in [1.165, 1.54) is 147 Å². The maximum Gasteiger partial charge on any atom is 0.112 e. The molecule has 1 heterocycles. The Labute approximate surface area is 181 Å². The topological polar surface area (TPSA) is 17.8 Å². The lowest BCUT2D eigenvalue weighted by molar-refractivity contribution is 0.361. The van der Waals surface area contributed by atoms with E-state index in [4.69, 9.17) is 4.98 Å². The summed E-state index contributed by atoms with van der Waals surface area (Å²) >= 11 is 0. The Morgan fingerprint density at radius 2 is 0.897 bits per heavy atom. The third kappa shape index (κ3) is 8.46. The lowest BCUT2D eigenvalue weighted by Crippen LogP contribution is -2.16. The van der Waals surface area contributed by atoms with Crippen LogP contribution in [0.15, 0.2) is 12.4 Å². The molecule has 0 aromatic carbocycles. The second kappa shape index (κ2) is 14.3. The highest BCUT2D eigenvalue weighted by Crippen LogP contribution is 2.33.